The van der Waals surface area contributed by atoms with E-state index >= 15 is 0 Å². The van der Waals surface area contributed by atoms with Gasteiger partial charge in [-0.05, 0) is 24.6 Å². The zero-order chi connectivity index (χ0) is 13.4. The molecule has 102 valence electrons. The maximum Gasteiger partial charge on any atom is 0.101 e. The maximum absolute atomic E-state index is 6.30. The average Bonchev–Trinajstić information content (AvgIpc) is 3.00. The number of halogens is 2. The van der Waals surface area contributed by atoms with E-state index in [2.05, 4.69) is 20.6 Å². The van der Waals surface area contributed by atoms with Gasteiger partial charge in [0.15, 0.2) is 0 Å². The summed E-state index contributed by atoms with van der Waals surface area (Å²) in [5.41, 5.74) is 0.843. The van der Waals surface area contributed by atoms with Gasteiger partial charge in [0.05, 0.1) is 16.8 Å². The SMILES string of the molecule is Clc1ccc(Cl)c(N2N=N[C@H]3[C@H]4C[C@H]([C@@H]5N=N[C@H]45)[C@H]32)c1. The highest BCUT2D eigenvalue weighted by atomic mass is 35.5. The number of fused-ring (bicyclic) bond motifs is 8. The number of nitrogens with zero attached hydrogens (tertiary/aromatic N) is 5. The van der Waals surface area contributed by atoms with Crippen LogP contribution in [0.15, 0.2) is 38.8 Å². The normalized spacial score (nSPS) is 42.8. The Morgan fingerprint density at radius 1 is 1.00 bits per heavy atom. The fraction of sp³-hybridized carbons (Fsp3) is 0.538. The Morgan fingerprint density at radius 3 is 2.60 bits per heavy atom. The van der Waals surface area contributed by atoms with Crippen molar-refractivity contribution in [1.29, 1.82) is 0 Å². The summed E-state index contributed by atoms with van der Waals surface area (Å²) >= 11 is 12.4. The van der Waals surface area contributed by atoms with Crippen LogP contribution >= 0.6 is 23.2 Å². The largest absolute Gasteiger partial charge is 0.240 e. The second-order valence-electron chi connectivity index (χ2n) is 5.90. The molecule has 1 aromatic carbocycles. The predicted molar refractivity (Wildman–Crippen MR) is 75.4 cm³/mol. The van der Waals surface area contributed by atoms with Gasteiger partial charge in [-0.15, -0.1) is 0 Å². The second-order valence-corrected chi connectivity index (χ2v) is 6.75. The summed E-state index contributed by atoms with van der Waals surface area (Å²) in [4.78, 5) is 0. The molecule has 2 aliphatic carbocycles. The first-order valence-corrected chi connectivity index (χ1v) is 7.54. The minimum atomic E-state index is 0.232. The van der Waals surface area contributed by atoms with E-state index in [4.69, 9.17) is 23.2 Å². The number of azo groups is 1. The van der Waals surface area contributed by atoms with Crippen molar-refractivity contribution < 1.29 is 0 Å². The van der Waals surface area contributed by atoms with E-state index in [1.165, 1.54) is 0 Å². The molecular formula is C13H11Cl2N5. The van der Waals surface area contributed by atoms with Crippen molar-refractivity contribution in [2.45, 2.75) is 30.6 Å². The molecule has 2 fully saturated rings. The minimum absolute atomic E-state index is 0.232. The molecule has 7 heteroatoms. The fourth-order valence-electron chi connectivity index (χ4n) is 4.21. The third-order valence-electron chi connectivity index (χ3n) is 5.05. The van der Waals surface area contributed by atoms with Gasteiger partial charge in [0.25, 0.3) is 0 Å². The lowest BCUT2D eigenvalue weighted by Gasteiger charge is -2.38. The lowest BCUT2D eigenvalue weighted by Crippen LogP contribution is -2.52. The number of hydrogen-bond acceptors (Lipinski definition) is 5. The Kier molecular flexibility index (Phi) is 2.13. The van der Waals surface area contributed by atoms with Gasteiger partial charge in [-0.2, -0.15) is 15.3 Å². The van der Waals surface area contributed by atoms with Crippen LogP contribution < -0.4 is 5.01 Å². The highest BCUT2D eigenvalue weighted by Crippen LogP contribution is 2.57. The quantitative estimate of drug-likeness (QED) is 0.779. The molecule has 5 nitrogen and oxygen atoms in total. The molecule has 0 saturated heterocycles. The van der Waals surface area contributed by atoms with E-state index in [-0.39, 0.29) is 12.1 Å². The average molecular weight is 308 g/mol. The first-order chi connectivity index (χ1) is 9.74. The van der Waals surface area contributed by atoms with Gasteiger partial charge >= 0.3 is 0 Å². The molecule has 0 radical (unpaired) electrons. The molecule has 2 saturated carbocycles. The maximum atomic E-state index is 6.30. The lowest BCUT2D eigenvalue weighted by molar-refractivity contribution is 0.242. The molecule has 0 unspecified atom stereocenters. The van der Waals surface area contributed by atoms with Crippen LogP contribution in [0.25, 0.3) is 0 Å². The van der Waals surface area contributed by atoms with Crippen LogP contribution in [-0.4, -0.2) is 24.2 Å². The van der Waals surface area contributed by atoms with Crippen molar-refractivity contribution in [2.24, 2.45) is 32.4 Å². The van der Waals surface area contributed by atoms with Crippen LogP contribution in [0.3, 0.4) is 0 Å². The van der Waals surface area contributed by atoms with Crippen LogP contribution in [0.5, 0.6) is 0 Å². The van der Waals surface area contributed by atoms with Crippen LogP contribution in [0.4, 0.5) is 5.69 Å². The van der Waals surface area contributed by atoms with E-state index in [9.17, 15) is 0 Å². The minimum Gasteiger partial charge on any atom is -0.240 e. The summed E-state index contributed by atoms with van der Waals surface area (Å²) in [7, 11) is 0. The third-order valence-corrected chi connectivity index (χ3v) is 5.61. The molecule has 20 heavy (non-hydrogen) atoms. The summed E-state index contributed by atoms with van der Waals surface area (Å²) < 4.78 is 0. The van der Waals surface area contributed by atoms with Gasteiger partial charge in [0.2, 0.25) is 0 Å². The van der Waals surface area contributed by atoms with Gasteiger partial charge in [0.1, 0.15) is 18.1 Å². The summed E-state index contributed by atoms with van der Waals surface area (Å²) in [5.74, 6) is 0.983. The number of hydrogen-bond donors (Lipinski definition) is 0. The Labute approximate surface area is 125 Å². The number of rotatable bonds is 1. The molecule has 4 aliphatic rings. The number of benzene rings is 1. The molecule has 1 aromatic rings. The van der Waals surface area contributed by atoms with Gasteiger partial charge in [-0.3, -0.25) is 0 Å². The van der Waals surface area contributed by atoms with Crippen LogP contribution in [0, 0.1) is 11.8 Å². The Balaban J connectivity index is 1.56. The molecule has 2 heterocycles. The van der Waals surface area contributed by atoms with Gasteiger partial charge < -0.3 is 0 Å². The van der Waals surface area contributed by atoms with Gasteiger partial charge in [-0.25, -0.2) is 5.01 Å². The van der Waals surface area contributed by atoms with E-state index in [0.29, 0.717) is 34.0 Å². The summed E-state index contributed by atoms with van der Waals surface area (Å²) in [6, 6.07) is 6.69. The molecule has 0 amide bonds. The van der Waals surface area contributed by atoms with Crippen molar-refractivity contribution in [3.8, 4) is 0 Å². The van der Waals surface area contributed by atoms with Crippen molar-refractivity contribution in [3.63, 3.8) is 0 Å². The number of anilines is 1. The highest BCUT2D eigenvalue weighted by Gasteiger charge is 2.65. The van der Waals surface area contributed by atoms with Gasteiger partial charge in [-0.1, -0.05) is 28.4 Å². The molecule has 5 rings (SSSR count). The third kappa shape index (κ3) is 1.26. The summed E-state index contributed by atoms with van der Waals surface area (Å²) in [5, 5.41) is 20.7. The summed E-state index contributed by atoms with van der Waals surface area (Å²) in [6.45, 7) is 0. The first kappa shape index (κ1) is 11.5. The van der Waals surface area contributed by atoms with Crippen LogP contribution in [0.1, 0.15) is 6.42 Å². The Morgan fingerprint density at radius 2 is 1.80 bits per heavy atom. The molecule has 0 spiro atoms. The van der Waals surface area contributed by atoms with Gasteiger partial charge in [0, 0.05) is 16.9 Å². The van der Waals surface area contributed by atoms with Crippen LogP contribution in [0.2, 0.25) is 10.0 Å². The first-order valence-electron chi connectivity index (χ1n) is 6.79. The zero-order valence-electron chi connectivity index (χ0n) is 10.4. The van der Waals surface area contributed by atoms with Crippen molar-refractivity contribution in [3.05, 3.63) is 28.2 Å². The molecule has 0 aromatic heterocycles. The Bertz CT molecular complexity index is 660. The standard InChI is InChI=1S/C13H11Cl2N5/c14-5-1-2-8(15)9(3-5)20-13-7-4-6(12(13)18-19-20)10-11(7)17-16-10/h1-3,6-7,10-13H,4H2/t6-,7+,10+,11-,12-,13+/m0/s1. The summed E-state index contributed by atoms with van der Waals surface area (Å²) in [6.07, 6.45) is 1.14. The molecular weight excluding hydrogens is 297 g/mol. The van der Waals surface area contributed by atoms with Crippen LogP contribution in [-0.2, 0) is 0 Å². The monoisotopic (exact) mass is 307 g/mol. The molecule has 2 aliphatic heterocycles. The van der Waals surface area contributed by atoms with Crippen molar-refractivity contribution in [2.75, 3.05) is 5.01 Å². The van der Waals surface area contributed by atoms with Crippen molar-refractivity contribution in [1.82, 2.24) is 0 Å². The van der Waals surface area contributed by atoms with E-state index in [1.54, 1.807) is 12.1 Å². The second kappa shape index (κ2) is 3.71. The topological polar surface area (TPSA) is 52.7 Å². The molecule has 2 bridgehead atoms. The Hall–Kier alpha value is -1.20. The lowest BCUT2D eigenvalue weighted by atomic mass is 9.82. The predicted octanol–water partition coefficient (Wildman–Crippen LogP) is 3.77. The molecule has 0 N–H and O–H groups in total. The zero-order valence-corrected chi connectivity index (χ0v) is 11.9. The van der Waals surface area contributed by atoms with E-state index in [1.807, 2.05) is 11.1 Å². The molecule has 6 atom stereocenters. The van der Waals surface area contributed by atoms with Crippen molar-refractivity contribution >= 4 is 28.9 Å². The smallest absolute Gasteiger partial charge is 0.101 e. The highest BCUT2D eigenvalue weighted by molar-refractivity contribution is 6.35. The fourth-order valence-corrected chi connectivity index (χ4v) is 4.58. The van der Waals surface area contributed by atoms with E-state index < -0.39 is 0 Å². The van der Waals surface area contributed by atoms with E-state index in [0.717, 1.165) is 12.1 Å².